The molecule has 1 aliphatic carbocycles. The maximum atomic E-state index is 10.2. The van der Waals surface area contributed by atoms with Crippen molar-refractivity contribution in [3.05, 3.63) is 0 Å². The van der Waals surface area contributed by atoms with Crippen LogP contribution < -0.4 is 0 Å². The molecule has 0 amide bonds. The Labute approximate surface area is 100 Å². The van der Waals surface area contributed by atoms with E-state index in [1.165, 1.54) is 32.2 Å². The zero-order valence-electron chi connectivity index (χ0n) is 11.0. The molecule has 1 N–H and O–H groups in total. The second kappa shape index (κ2) is 5.05. The minimum Gasteiger partial charge on any atom is -0.391 e. The first-order valence-electron chi connectivity index (χ1n) is 7.03. The lowest BCUT2D eigenvalue weighted by atomic mass is 9.82. The molecule has 0 radical (unpaired) electrons. The Morgan fingerprint density at radius 1 is 1.06 bits per heavy atom. The minimum atomic E-state index is -0.0753. The van der Waals surface area contributed by atoms with Gasteiger partial charge in [0, 0.05) is 18.6 Å². The van der Waals surface area contributed by atoms with Crippen LogP contribution in [0.4, 0.5) is 0 Å². The summed E-state index contributed by atoms with van der Waals surface area (Å²) in [4.78, 5) is 2.60. The average Bonchev–Trinajstić information content (AvgIpc) is 2.24. The lowest BCUT2D eigenvalue weighted by Crippen LogP contribution is -2.55. The van der Waals surface area contributed by atoms with Crippen LogP contribution in [0.2, 0.25) is 0 Å². The van der Waals surface area contributed by atoms with E-state index in [1.807, 2.05) is 0 Å². The Morgan fingerprint density at radius 2 is 1.75 bits per heavy atom. The molecule has 0 bridgehead atoms. The molecular formula is C14H27NO. The van der Waals surface area contributed by atoms with Crippen LogP contribution in [0.3, 0.4) is 0 Å². The third kappa shape index (κ3) is 2.43. The van der Waals surface area contributed by atoms with Crippen molar-refractivity contribution in [2.75, 3.05) is 6.54 Å². The minimum absolute atomic E-state index is 0.0753. The van der Waals surface area contributed by atoms with Crippen molar-refractivity contribution in [2.24, 2.45) is 11.8 Å². The summed E-state index contributed by atoms with van der Waals surface area (Å²) in [5.74, 6) is 1.57. The van der Waals surface area contributed by atoms with Crippen molar-refractivity contribution in [3.63, 3.8) is 0 Å². The molecule has 16 heavy (non-hydrogen) atoms. The van der Waals surface area contributed by atoms with Gasteiger partial charge in [-0.2, -0.15) is 0 Å². The van der Waals surface area contributed by atoms with E-state index in [2.05, 4.69) is 25.7 Å². The van der Waals surface area contributed by atoms with E-state index >= 15 is 0 Å². The van der Waals surface area contributed by atoms with Crippen molar-refractivity contribution >= 4 is 0 Å². The second-order valence-corrected chi connectivity index (χ2v) is 6.17. The molecule has 1 saturated heterocycles. The van der Waals surface area contributed by atoms with E-state index in [0.29, 0.717) is 12.1 Å². The molecule has 3 unspecified atom stereocenters. The highest BCUT2D eigenvalue weighted by molar-refractivity contribution is 4.91. The predicted octanol–water partition coefficient (Wildman–Crippen LogP) is 2.66. The van der Waals surface area contributed by atoms with Crippen LogP contribution in [0.1, 0.15) is 52.9 Å². The quantitative estimate of drug-likeness (QED) is 0.741. The van der Waals surface area contributed by atoms with Gasteiger partial charge in [0.2, 0.25) is 0 Å². The van der Waals surface area contributed by atoms with Gasteiger partial charge in [0.1, 0.15) is 0 Å². The van der Waals surface area contributed by atoms with Crippen molar-refractivity contribution in [2.45, 2.75) is 71.1 Å². The number of hydrogen-bond acceptors (Lipinski definition) is 2. The Kier molecular flexibility index (Phi) is 3.91. The molecule has 2 heteroatoms. The van der Waals surface area contributed by atoms with E-state index in [-0.39, 0.29) is 6.10 Å². The third-order valence-electron chi connectivity index (χ3n) is 4.76. The van der Waals surface area contributed by atoms with Crippen LogP contribution in [0.25, 0.3) is 0 Å². The number of aliphatic hydroxyl groups excluding tert-OH is 1. The fourth-order valence-electron chi connectivity index (χ4n) is 3.68. The van der Waals surface area contributed by atoms with Gasteiger partial charge in [0.25, 0.3) is 0 Å². The van der Waals surface area contributed by atoms with Gasteiger partial charge in [-0.15, -0.1) is 0 Å². The van der Waals surface area contributed by atoms with Crippen molar-refractivity contribution in [1.82, 2.24) is 4.90 Å². The molecule has 1 heterocycles. The van der Waals surface area contributed by atoms with Gasteiger partial charge in [0.15, 0.2) is 0 Å². The molecular weight excluding hydrogens is 198 g/mol. The SMILES string of the molecule is CC1CC(C)C(C)N([C@H]2CCCC[C@@H]2O)C1. The van der Waals surface area contributed by atoms with Crippen molar-refractivity contribution in [3.8, 4) is 0 Å². The van der Waals surface area contributed by atoms with E-state index in [4.69, 9.17) is 0 Å². The summed E-state index contributed by atoms with van der Waals surface area (Å²) in [6.07, 6.45) is 5.99. The van der Waals surface area contributed by atoms with Crippen LogP contribution in [-0.4, -0.2) is 34.7 Å². The smallest absolute Gasteiger partial charge is 0.0695 e. The number of piperidine rings is 1. The standard InChI is InChI=1S/C14H27NO/c1-10-8-11(2)12(3)15(9-10)13-6-4-5-7-14(13)16/h10-14,16H,4-9H2,1-3H3/t10?,11?,12?,13-,14-/m0/s1. The van der Waals surface area contributed by atoms with Crippen LogP contribution in [0.5, 0.6) is 0 Å². The number of likely N-dealkylation sites (tertiary alicyclic amines) is 1. The molecule has 5 atom stereocenters. The molecule has 1 aliphatic heterocycles. The first-order valence-corrected chi connectivity index (χ1v) is 7.03. The molecule has 2 rings (SSSR count). The maximum absolute atomic E-state index is 10.2. The number of nitrogens with zero attached hydrogens (tertiary/aromatic N) is 1. The summed E-state index contributed by atoms with van der Waals surface area (Å²) in [5.41, 5.74) is 0. The fourth-order valence-corrected chi connectivity index (χ4v) is 3.68. The summed E-state index contributed by atoms with van der Waals surface area (Å²) in [6, 6.07) is 1.09. The van der Waals surface area contributed by atoms with Crippen LogP contribution in [0.15, 0.2) is 0 Å². The molecule has 2 fully saturated rings. The Morgan fingerprint density at radius 3 is 2.44 bits per heavy atom. The topological polar surface area (TPSA) is 23.5 Å². The zero-order chi connectivity index (χ0) is 11.7. The monoisotopic (exact) mass is 225 g/mol. The van der Waals surface area contributed by atoms with Crippen LogP contribution in [-0.2, 0) is 0 Å². The molecule has 1 saturated carbocycles. The van der Waals surface area contributed by atoms with Gasteiger partial charge in [-0.25, -0.2) is 0 Å². The third-order valence-corrected chi connectivity index (χ3v) is 4.76. The molecule has 0 aromatic carbocycles. The largest absolute Gasteiger partial charge is 0.391 e. The number of aliphatic hydroxyl groups is 1. The van der Waals surface area contributed by atoms with Crippen molar-refractivity contribution in [1.29, 1.82) is 0 Å². The summed E-state index contributed by atoms with van der Waals surface area (Å²) in [5, 5.41) is 10.2. The molecule has 0 aromatic rings. The predicted molar refractivity (Wildman–Crippen MR) is 67.4 cm³/mol. The zero-order valence-corrected chi connectivity index (χ0v) is 11.0. The van der Waals surface area contributed by atoms with Gasteiger partial charge in [-0.1, -0.05) is 26.7 Å². The summed E-state index contributed by atoms with van der Waals surface area (Å²) in [6.45, 7) is 8.25. The van der Waals surface area contributed by atoms with Gasteiger partial charge in [0.05, 0.1) is 6.10 Å². The summed E-state index contributed by atoms with van der Waals surface area (Å²) in [7, 11) is 0. The van der Waals surface area contributed by atoms with Crippen LogP contribution in [0, 0.1) is 11.8 Å². The molecule has 2 nitrogen and oxygen atoms in total. The highest BCUT2D eigenvalue weighted by Crippen LogP contribution is 2.33. The first-order chi connectivity index (χ1) is 7.59. The Balaban J connectivity index is 2.05. The Hall–Kier alpha value is -0.0800. The molecule has 0 spiro atoms. The highest BCUT2D eigenvalue weighted by Gasteiger charge is 2.37. The lowest BCUT2D eigenvalue weighted by molar-refractivity contribution is -0.0372. The van der Waals surface area contributed by atoms with E-state index in [0.717, 1.165) is 18.3 Å². The second-order valence-electron chi connectivity index (χ2n) is 6.17. The Bertz CT molecular complexity index is 231. The van der Waals surface area contributed by atoms with Gasteiger partial charge in [-0.05, 0) is 38.0 Å². The average molecular weight is 225 g/mol. The van der Waals surface area contributed by atoms with E-state index in [1.54, 1.807) is 0 Å². The first kappa shape index (κ1) is 12.4. The normalized spacial score (nSPS) is 46.9. The summed E-state index contributed by atoms with van der Waals surface area (Å²) >= 11 is 0. The van der Waals surface area contributed by atoms with E-state index < -0.39 is 0 Å². The summed E-state index contributed by atoms with van der Waals surface area (Å²) < 4.78 is 0. The highest BCUT2D eigenvalue weighted by atomic mass is 16.3. The van der Waals surface area contributed by atoms with Gasteiger partial charge < -0.3 is 5.11 Å². The van der Waals surface area contributed by atoms with Crippen molar-refractivity contribution < 1.29 is 5.11 Å². The molecule has 94 valence electrons. The molecule has 2 aliphatic rings. The van der Waals surface area contributed by atoms with Gasteiger partial charge >= 0.3 is 0 Å². The fraction of sp³-hybridized carbons (Fsp3) is 1.00. The lowest BCUT2D eigenvalue weighted by Gasteiger charge is -2.48. The van der Waals surface area contributed by atoms with Crippen LogP contribution >= 0.6 is 0 Å². The molecule has 0 aromatic heterocycles. The van der Waals surface area contributed by atoms with Gasteiger partial charge in [-0.3, -0.25) is 4.90 Å². The van der Waals surface area contributed by atoms with E-state index in [9.17, 15) is 5.11 Å². The number of rotatable bonds is 1. The maximum Gasteiger partial charge on any atom is 0.0695 e. The number of hydrogen-bond donors (Lipinski definition) is 1.